The highest BCUT2D eigenvalue weighted by atomic mass is 32.2. The Morgan fingerprint density at radius 2 is 1.83 bits per heavy atom. The summed E-state index contributed by atoms with van der Waals surface area (Å²) in [6.45, 7) is 0. The van der Waals surface area contributed by atoms with E-state index in [0.717, 1.165) is 11.3 Å². The minimum absolute atomic E-state index is 0.0746. The number of hydrogen-bond acceptors (Lipinski definition) is 7. The Kier molecular flexibility index (Phi) is 6.29. The van der Waals surface area contributed by atoms with Crippen LogP contribution in [0.25, 0.3) is 0 Å². The third-order valence-corrected chi connectivity index (χ3v) is 5.57. The third-order valence-electron chi connectivity index (χ3n) is 4.08. The van der Waals surface area contributed by atoms with E-state index in [0.29, 0.717) is 5.75 Å². The van der Waals surface area contributed by atoms with Gasteiger partial charge in [-0.1, -0.05) is 12.1 Å². The van der Waals surface area contributed by atoms with Crippen molar-refractivity contribution in [1.29, 1.82) is 0 Å². The predicted octanol–water partition coefficient (Wildman–Crippen LogP) is 0.573. The van der Waals surface area contributed by atoms with Gasteiger partial charge in [-0.05, 0) is 24.1 Å². The zero-order valence-electron chi connectivity index (χ0n) is 13.1. The smallest absolute Gasteiger partial charge is 0.309 e. The molecule has 1 aliphatic rings. The fraction of sp³-hybridized carbons (Fsp3) is 0.562. The van der Waals surface area contributed by atoms with Crippen LogP contribution in [0.4, 0.5) is 0 Å². The van der Waals surface area contributed by atoms with Gasteiger partial charge in [-0.25, -0.2) is 0 Å². The van der Waals surface area contributed by atoms with Gasteiger partial charge < -0.3 is 24.8 Å². The zero-order valence-corrected chi connectivity index (χ0v) is 13.9. The lowest BCUT2D eigenvalue weighted by Gasteiger charge is -2.39. The SMILES string of the molecule is COC(=O)[C@@H]1C[C@@H](O)[C@@H](O)[C@H](O)[C@@H]1SCc1ccc(OC)cc1. The van der Waals surface area contributed by atoms with Gasteiger partial charge >= 0.3 is 5.97 Å². The molecule has 2 rings (SSSR count). The van der Waals surface area contributed by atoms with Crippen LogP contribution in [0.3, 0.4) is 0 Å². The van der Waals surface area contributed by atoms with Gasteiger partial charge in [-0.15, -0.1) is 0 Å². The van der Waals surface area contributed by atoms with E-state index in [2.05, 4.69) is 0 Å². The van der Waals surface area contributed by atoms with E-state index >= 15 is 0 Å². The number of benzene rings is 1. The molecule has 0 saturated heterocycles. The highest BCUT2D eigenvalue weighted by Gasteiger charge is 2.46. The molecular formula is C16H22O6S. The zero-order chi connectivity index (χ0) is 17.0. The first kappa shape index (κ1) is 18.1. The number of esters is 1. The summed E-state index contributed by atoms with van der Waals surface area (Å²) in [5.41, 5.74) is 1.01. The van der Waals surface area contributed by atoms with E-state index in [1.807, 2.05) is 24.3 Å². The van der Waals surface area contributed by atoms with E-state index in [1.54, 1.807) is 7.11 Å². The van der Waals surface area contributed by atoms with Crippen molar-refractivity contribution in [2.45, 2.75) is 35.7 Å². The van der Waals surface area contributed by atoms with E-state index < -0.39 is 35.4 Å². The van der Waals surface area contributed by atoms with Crippen LogP contribution in [0, 0.1) is 5.92 Å². The summed E-state index contributed by atoms with van der Waals surface area (Å²) < 4.78 is 9.86. The topological polar surface area (TPSA) is 96.2 Å². The molecule has 0 amide bonds. The molecule has 6 nitrogen and oxygen atoms in total. The molecule has 1 aromatic carbocycles. The maximum Gasteiger partial charge on any atom is 0.309 e. The van der Waals surface area contributed by atoms with Crippen molar-refractivity contribution in [3.05, 3.63) is 29.8 Å². The molecule has 1 saturated carbocycles. The van der Waals surface area contributed by atoms with Gasteiger partial charge in [0.1, 0.15) is 11.9 Å². The van der Waals surface area contributed by atoms with Crippen molar-refractivity contribution >= 4 is 17.7 Å². The second-order valence-electron chi connectivity index (χ2n) is 5.54. The molecule has 5 atom stereocenters. The highest BCUT2D eigenvalue weighted by molar-refractivity contribution is 7.99. The van der Waals surface area contributed by atoms with Crippen molar-refractivity contribution in [1.82, 2.24) is 0 Å². The molecule has 1 fully saturated rings. The maximum absolute atomic E-state index is 11.9. The molecular weight excluding hydrogens is 320 g/mol. The Morgan fingerprint density at radius 1 is 1.17 bits per heavy atom. The molecule has 1 aliphatic carbocycles. The lowest BCUT2D eigenvalue weighted by molar-refractivity contribution is -0.155. The first-order valence-electron chi connectivity index (χ1n) is 7.34. The number of thioether (sulfide) groups is 1. The average molecular weight is 342 g/mol. The van der Waals surface area contributed by atoms with E-state index in [-0.39, 0.29) is 6.42 Å². The van der Waals surface area contributed by atoms with E-state index in [4.69, 9.17) is 9.47 Å². The van der Waals surface area contributed by atoms with Gasteiger partial charge in [0.2, 0.25) is 0 Å². The highest BCUT2D eigenvalue weighted by Crippen LogP contribution is 2.36. The molecule has 0 spiro atoms. The summed E-state index contributed by atoms with van der Waals surface area (Å²) >= 11 is 1.37. The second kappa shape index (κ2) is 8.01. The van der Waals surface area contributed by atoms with Crippen LogP contribution < -0.4 is 4.74 Å². The number of ether oxygens (including phenoxy) is 2. The number of carbonyl (C=O) groups is 1. The van der Waals surface area contributed by atoms with Crippen LogP contribution in [0.1, 0.15) is 12.0 Å². The Hall–Kier alpha value is -1.28. The minimum Gasteiger partial charge on any atom is -0.497 e. The van der Waals surface area contributed by atoms with Crippen molar-refractivity contribution < 1.29 is 29.6 Å². The quantitative estimate of drug-likeness (QED) is 0.673. The largest absolute Gasteiger partial charge is 0.497 e. The first-order valence-corrected chi connectivity index (χ1v) is 8.39. The van der Waals surface area contributed by atoms with Gasteiger partial charge in [0.15, 0.2) is 0 Å². The van der Waals surface area contributed by atoms with Gasteiger partial charge in [0.05, 0.1) is 32.3 Å². The van der Waals surface area contributed by atoms with Gasteiger partial charge in [-0.3, -0.25) is 4.79 Å². The summed E-state index contributed by atoms with van der Waals surface area (Å²) in [6.07, 6.45) is -3.51. The number of methoxy groups -OCH3 is 2. The summed E-state index contributed by atoms with van der Waals surface area (Å²) in [7, 11) is 2.87. The molecule has 3 N–H and O–H groups in total. The van der Waals surface area contributed by atoms with Crippen LogP contribution in [0.5, 0.6) is 5.75 Å². The fourth-order valence-electron chi connectivity index (χ4n) is 2.70. The van der Waals surface area contributed by atoms with Crippen LogP contribution in [-0.4, -0.2) is 59.1 Å². The average Bonchev–Trinajstić information content (AvgIpc) is 2.58. The molecule has 0 aliphatic heterocycles. The Bertz CT molecular complexity index is 520. The number of rotatable bonds is 5. The van der Waals surface area contributed by atoms with E-state index in [1.165, 1.54) is 18.9 Å². The predicted molar refractivity (Wildman–Crippen MR) is 86.2 cm³/mol. The monoisotopic (exact) mass is 342 g/mol. The fourth-order valence-corrected chi connectivity index (χ4v) is 4.09. The maximum atomic E-state index is 11.9. The molecule has 0 radical (unpaired) electrons. The molecule has 0 unspecified atom stereocenters. The van der Waals surface area contributed by atoms with Crippen molar-refractivity contribution in [3.8, 4) is 5.75 Å². The van der Waals surface area contributed by atoms with Crippen molar-refractivity contribution in [3.63, 3.8) is 0 Å². The Labute approximate surface area is 139 Å². The summed E-state index contributed by atoms with van der Waals surface area (Å²) in [6, 6.07) is 7.48. The van der Waals surface area contributed by atoms with Crippen LogP contribution in [0.2, 0.25) is 0 Å². The summed E-state index contributed by atoms with van der Waals surface area (Å²) in [5.74, 6) is 0.170. The first-order chi connectivity index (χ1) is 11.0. The van der Waals surface area contributed by atoms with Crippen LogP contribution in [-0.2, 0) is 15.3 Å². The van der Waals surface area contributed by atoms with Gasteiger partial charge in [0.25, 0.3) is 0 Å². The number of aliphatic hydroxyl groups is 3. The Balaban J connectivity index is 2.07. The molecule has 0 heterocycles. The molecule has 7 heteroatoms. The molecule has 0 aromatic heterocycles. The normalized spacial score (nSPS) is 30.7. The van der Waals surface area contributed by atoms with Crippen molar-refractivity contribution in [2.75, 3.05) is 14.2 Å². The summed E-state index contributed by atoms with van der Waals surface area (Å²) in [5, 5.41) is 29.3. The number of carbonyl (C=O) groups excluding carboxylic acids is 1. The minimum atomic E-state index is -1.26. The molecule has 1 aromatic rings. The second-order valence-corrected chi connectivity index (χ2v) is 6.70. The molecule has 0 bridgehead atoms. The Morgan fingerprint density at radius 3 is 2.39 bits per heavy atom. The van der Waals surface area contributed by atoms with E-state index in [9.17, 15) is 20.1 Å². The van der Waals surface area contributed by atoms with Gasteiger partial charge in [0, 0.05) is 11.0 Å². The van der Waals surface area contributed by atoms with Crippen LogP contribution in [0.15, 0.2) is 24.3 Å². The molecule has 23 heavy (non-hydrogen) atoms. The standard InChI is InChI=1S/C16H22O6S/c1-21-10-5-3-9(4-6-10)8-23-15-11(16(20)22-2)7-12(17)13(18)14(15)19/h3-6,11-15,17-19H,7-8H2,1-2H3/t11-,12-,13-,14+,15-/m1/s1. The van der Waals surface area contributed by atoms with Crippen molar-refractivity contribution in [2.24, 2.45) is 5.92 Å². The number of aliphatic hydroxyl groups excluding tert-OH is 3. The van der Waals surface area contributed by atoms with Gasteiger partial charge in [-0.2, -0.15) is 11.8 Å². The molecule has 128 valence electrons. The third kappa shape index (κ3) is 4.17. The lowest BCUT2D eigenvalue weighted by Crippen LogP contribution is -2.54. The number of hydrogen-bond donors (Lipinski definition) is 3. The lowest BCUT2D eigenvalue weighted by atomic mass is 9.83. The van der Waals surface area contributed by atoms with Crippen LogP contribution >= 0.6 is 11.8 Å². The summed E-state index contributed by atoms with van der Waals surface area (Å²) in [4.78, 5) is 11.9.